The lowest BCUT2D eigenvalue weighted by molar-refractivity contribution is 0.190. The van der Waals surface area contributed by atoms with E-state index in [-0.39, 0.29) is 12.1 Å². The van der Waals surface area contributed by atoms with Gasteiger partial charge in [-0.2, -0.15) is 0 Å². The van der Waals surface area contributed by atoms with Crippen molar-refractivity contribution in [2.24, 2.45) is 0 Å². The number of aromatic nitrogens is 1. The van der Waals surface area contributed by atoms with Crippen molar-refractivity contribution in [1.29, 1.82) is 0 Å². The number of rotatable bonds is 4. The summed E-state index contributed by atoms with van der Waals surface area (Å²) >= 11 is 0. The number of piperidine rings is 1. The first-order valence-electron chi connectivity index (χ1n) is 9.90. The lowest BCUT2D eigenvalue weighted by atomic mass is 10.1. The summed E-state index contributed by atoms with van der Waals surface area (Å²) in [5.41, 5.74) is 3.06. The Balaban J connectivity index is 1.56. The summed E-state index contributed by atoms with van der Waals surface area (Å²) in [5, 5.41) is 5.25. The van der Waals surface area contributed by atoms with Crippen molar-refractivity contribution in [3.8, 4) is 0 Å². The number of urea groups is 1. The van der Waals surface area contributed by atoms with E-state index in [1.165, 1.54) is 5.52 Å². The fourth-order valence-electron chi connectivity index (χ4n) is 4.24. The molecule has 1 saturated heterocycles. The maximum Gasteiger partial charge on any atom is 0.321 e. The summed E-state index contributed by atoms with van der Waals surface area (Å²) < 4.78 is 27.9. The van der Waals surface area contributed by atoms with Gasteiger partial charge in [-0.15, -0.1) is 0 Å². The van der Waals surface area contributed by atoms with Crippen molar-refractivity contribution >= 4 is 43.5 Å². The average Bonchev–Trinajstić information content (AvgIpc) is 3.00. The van der Waals surface area contributed by atoms with Crippen LogP contribution in [0.15, 0.2) is 42.5 Å². The van der Waals surface area contributed by atoms with Crippen molar-refractivity contribution in [3.05, 3.63) is 42.5 Å². The molecule has 0 radical (unpaired) electrons. The predicted octanol–water partition coefficient (Wildman–Crippen LogP) is 3.36. The van der Waals surface area contributed by atoms with E-state index in [1.807, 2.05) is 30.3 Å². The van der Waals surface area contributed by atoms with Crippen LogP contribution in [-0.4, -0.2) is 49.3 Å². The van der Waals surface area contributed by atoms with E-state index in [0.29, 0.717) is 13.1 Å². The fourth-order valence-corrected chi connectivity index (χ4v) is 5.03. The summed E-state index contributed by atoms with van der Waals surface area (Å²) in [5.74, 6) is 0. The normalized spacial score (nSPS) is 17.7. The van der Waals surface area contributed by atoms with Gasteiger partial charge in [-0.1, -0.05) is 18.2 Å². The van der Waals surface area contributed by atoms with Gasteiger partial charge in [-0.05, 0) is 44.0 Å². The first kappa shape index (κ1) is 19.7. The molecule has 1 aliphatic heterocycles. The van der Waals surface area contributed by atoms with Crippen LogP contribution in [0.5, 0.6) is 0 Å². The second-order valence-electron chi connectivity index (χ2n) is 7.60. The molecule has 1 fully saturated rings. The molecule has 0 aliphatic carbocycles. The highest BCUT2D eigenvalue weighted by molar-refractivity contribution is 7.88. The maximum atomic E-state index is 12.8. The van der Waals surface area contributed by atoms with Crippen molar-refractivity contribution < 1.29 is 13.2 Å². The molecular weight excluding hydrogens is 388 g/mol. The van der Waals surface area contributed by atoms with Crippen LogP contribution >= 0.6 is 0 Å². The quantitative estimate of drug-likeness (QED) is 0.687. The molecule has 3 aromatic rings. The van der Waals surface area contributed by atoms with Gasteiger partial charge in [0, 0.05) is 53.2 Å². The van der Waals surface area contributed by atoms with Gasteiger partial charge in [0.2, 0.25) is 10.0 Å². The Hall–Kier alpha value is -2.58. The molecule has 7 nitrogen and oxygen atoms in total. The molecule has 1 atom stereocenters. The van der Waals surface area contributed by atoms with Crippen LogP contribution in [0.25, 0.3) is 21.8 Å². The number of anilines is 1. The molecule has 8 heteroatoms. The van der Waals surface area contributed by atoms with Gasteiger partial charge in [-0.25, -0.2) is 17.9 Å². The van der Waals surface area contributed by atoms with E-state index in [0.717, 1.165) is 47.6 Å². The lowest BCUT2D eigenvalue weighted by Gasteiger charge is -2.32. The van der Waals surface area contributed by atoms with Crippen LogP contribution in [0.3, 0.4) is 0 Å². The Morgan fingerprint density at radius 3 is 2.66 bits per heavy atom. The van der Waals surface area contributed by atoms with E-state index in [1.54, 1.807) is 4.90 Å². The number of fused-ring (bicyclic) bond motifs is 3. The minimum absolute atomic E-state index is 0.205. The number of sulfonamides is 1. The molecule has 1 aliphatic rings. The summed E-state index contributed by atoms with van der Waals surface area (Å²) in [7, 11) is -3.29. The van der Waals surface area contributed by atoms with Gasteiger partial charge in [0.05, 0.1) is 6.26 Å². The third-order valence-electron chi connectivity index (χ3n) is 5.43. The van der Waals surface area contributed by atoms with Crippen molar-refractivity contribution in [1.82, 2.24) is 14.2 Å². The van der Waals surface area contributed by atoms with Crippen LogP contribution in [0.2, 0.25) is 0 Å². The van der Waals surface area contributed by atoms with Crippen LogP contribution in [-0.2, 0) is 16.6 Å². The zero-order valence-corrected chi connectivity index (χ0v) is 17.5. The zero-order valence-electron chi connectivity index (χ0n) is 16.7. The molecule has 29 heavy (non-hydrogen) atoms. The number of amides is 2. The number of carbonyl (C=O) groups is 1. The second-order valence-corrected chi connectivity index (χ2v) is 9.38. The predicted molar refractivity (Wildman–Crippen MR) is 117 cm³/mol. The number of hydrogen-bond acceptors (Lipinski definition) is 3. The monoisotopic (exact) mass is 414 g/mol. The first-order chi connectivity index (χ1) is 13.9. The highest BCUT2D eigenvalue weighted by Gasteiger charge is 2.25. The molecule has 0 spiro atoms. The van der Waals surface area contributed by atoms with Gasteiger partial charge >= 0.3 is 6.03 Å². The summed E-state index contributed by atoms with van der Waals surface area (Å²) in [6.45, 7) is 3.98. The number of para-hydroxylation sites is 1. The number of hydrogen-bond donors (Lipinski definition) is 2. The number of likely N-dealkylation sites (tertiary alicyclic amines) is 1. The van der Waals surface area contributed by atoms with Gasteiger partial charge in [0.25, 0.3) is 0 Å². The molecular formula is C21H26N4O3S. The maximum absolute atomic E-state index is 12.8. The topological polar surface area (TPSA) is 83.4 Å². The Morgan fingerprint density at radius 2 is 1.90 bits per heavy atom. The molecule has 1 unspecified atom stereocenters. The number of nitrogens with zero attached hydrogens (tertiary/aromatic N) is 2. The highest BCUT2D eigenvalue weighted by atomic mass is 32.2. The highest BCUT2D eigenvalue weighted by Crippen LogP contribution is 2.31. The largest absolute Gasteiger partial charge is 0.341 e. The van der Waals surface area contributed by atoms with Gasteiger partial charge in [-0.3, -0.25) is 0 Å². The van der Waals surface area contributed by atoms with Gasteiger partial charge in [0.1, 0.15) is 0 Å². The molecule has 2 heterocycles. The Labute approximate surface area is 170 Å². The minimum Gasteiger partial charge on any atom is -0.341 e. The molecule has 0 bridgehead atoms. The SMILES string of the molecule is CCn1c2ccccc2c2cc(NC(=O)N3CCCC(NS(C)(=O)=O)C3)ccc21. The smallest absolute Gasteiger partial charge is 0.321 e. The number of benzene rings is 2. The van der Waals surface area contributed by atoms with Crippen LogP contribution in [0, 0.1) is 0 Å². The van der Waals surface area contributed by atoms with E-state index >= 15 is 0 Å². The van der Waals surface area contributed by atoms with E-state index in [9.17, 15) is 13.2 Å². The molecule has 2 amide bonds. The third kappa shape index (κ3) is 4.09. The van der Waals surface area contributed by atoms with E-state index in [2.05, 4.69) is 33.7 Å². The first-order valence-corrected chi connectivity index (χ1v) is 11.8. The van der Waals surface area contributed by atoms with Crippen LogP contribution < -0.4 is 10.0 Å². The van der Waals surface area contributed by atoms with Gasteiger partial charge < -0.3 is 14.8 Å². The number of aryl methyl sites for hydroxylation is 1. The number of nitrogens with one attached hydrogen (secondary N) is 2. The van der Waals surface area contributed by atoms with E-state index in [4.69, 9.17) is 0 Å². The van der Waals surface area contributed by atoms with E-state index < -0.39 is 10.0 Å². The number of carbonyl (C=O) groups excluding carboxylic acids is 1. The molecule has 2 aromatic carbocycles. The summed E-state index contributed by atoms with van der Waals surface area (Å²) in [6.07, 6.45) is 2.65. The zero-order chi connectivity index (χ0) is 20.6. The van der Waals surface area contributed by atoms with Crippen LogP contribution in [0.4, 0.5) is 10.5 Å². The molecule has 1 aromatic heterocycles. The molecule has 0 saturated carbocycles. The summed E-state index contributed by atoms with van der Waals surface area (Å²) in [6, 6.07) is 13.8. The second kappa shape index (κ2) is 7.68. The van der Waals surface area contributed by atoms with Crippen molar-refractivity contribution in [2.45, 2.75) is 32.4 Å². The average molecular weight is 415 g/mol. The third-order valence-corrected chi connectivity index (χ3v) is 6.19. The molecule has 2 N–H and O–H groups in total. The minimum atomic E-state index is -3.29. The Bertz CT molecular complexity index is 1170. The lowest BCUT2D eigenvalue weighted by Crippen LogP contribution is -2.50. The molecule has 4 rings (SSSR count). The van der Waals surface area contributed by atoms with Gasteiger partial charge in [0.15, 0.2) is 0 Å². The van der Waals surface area contributed by atoms with Crippen LogP contribution in [0.1, 0.15) is 19.8 Å². The Morgan fingerprint density at radius 1 is 1.14 bits per heavy atom. The molecule has 154 valence electrons. The Kier molecular flexibility index (Phi) is 5.23. The fraction of sp³-hybridized carbons (Fsp3) is 0.381. The summed E-state index contributed by atoms with van der Waals surface area (Å²) in [4.78, 5) is 14.4. The van der Waals surface area contributed by atoms with Crippen molar-refractivity contribution in [3.63, 3.8) is 0 Å². The van der Waals surface area contributed by atoms with Crippen molar-refractivity contribution in [2.75, 3.05) is 24.7 Å². The standard InChI is InChI=1S/C21H26N4O3S/c1-3-25-19-9-5-4-8-17(19)18-13-15(10-11-20(18)25)22-21(26)24-12-6-7-16(14-24)23-29(2,27)28/h4-5,8-11,13,16,23H,3,6-7,12,14H2,1-2H3,(H,22,26).